The molecule has 190 valence electrons. The zero-order valence-electron chi connectivity index (χ0n) is 18.6. The molecule has 1 saturated carbocycles. The van der Waals surface area contributed by atoms with Gasteiger partial charge in [0, 0.05) is 6.04 Å². The van der Waals surface area contributed by atoms with Crippen LogP contribution in [0.4, 0.5) is 5.82 Å². The lowest BCUT2D eigenvalue weighted by atomic mass is 10.1. The number of anilines is 1. The lowest BCUT2D eigenvalue weighted by Crippen LogP contribution is -2.39. The van der Waals surface area contributed by atoms with Crippen molar-refractivity contribution >= 4 is 24.4 Å². The molecule has 0 bridgehead atoms. The van der Waals surface area contributed by atoms with Crippen molar-refractivity contribution in [2.24, 2.45) is 0 Å². The van der Waals surface area contributed by atoms with E-state index in [0.717, 1.165) is 32.6 Å². The Morgan fingerprint density at radius 3 is 2.56 bits per heavy atom. The van der Waals surface area contributed by atoms with Gasteiger partial charge in [0.05, 0.1) is 24.8 Å². The first-order chi connectivity index (χ1) is 16.1. The van der Waals surface area contributed by atoms with Gasteiger partial charge >= 0.3 is 7.60 Å². The first-order valence-corrected chi connectivity index (χ1v) is 12.6. The van der Waals surface area contributed by atoms with Gasteiger partial charge in [0.2, 0.25) is 0 Å². The summed E-state index contributed by atoms with van der Waals surface area (Å²) in [5, 5.41) is 46.1. The van der Waals surface area contributed by atoms with Crippen LogP contribution in [-0.4, -0.2) is 92.9 Å². The summed E-state index contributed by atoms with van der Waals surface area (Å²) in [5.41, 5.74) is 0.271. The molecule has 2 aromatic heterocycles. The molecule has 15 heteroatoms. The van der Waals surface area contributed by atoms with Gasteiger partial charge in [0.25, 0.3) is 0 Å². The number of aliphatic hydroxyl groups is 4. The molecule has 4 rings (SSSR count). The number of hydrogen-bond acceptors (Lipinski definition) is 11. The zero-order chi connectivity index (χ0) is 24.7. The van der Waals surface area contributed by atoms with E-state index < -0.39 is 57.3 Å². The second-order valence-electron chi connectivity index (χ2n) is 8.83. The van der Waals surface area contributed by atoms with Crippen LogP contribution in [0.15, 0.2) is 6.20 Å². The molecule has 2 aromatic rings. The molecular formula is C19H30N5O9P. The van der Waals surface area contributed by atoms with Crippen LogP contribution in [0.1, 0.15) is 44.7 Å². The summed E-state index contributed by atoms with van der Waals surface area (Å²) in [6, 6.07) is 0.236. The van der Waals surface area contributed by atoms with Gasteiger partial charge in [-0.1, -0.05) is 12.8 Å². The van der Waals surface area contributed by atoms with Crippen molar-refractivity contribution in [3.05, 3.63) is 12.0 Å². The third-order valence-corrected chi connectivity index (χ3v) is 7.89. The fourth-order valence-corrected chi connectivity index (χ4v) is 4.58. The predicted octanol–water partition coefficient (Wildman–Crippen LogP) is -0.805. The Kier molecular flexibility index (Phi) is 7.25. The van der Waals surface area contributed by atoms with Gasteiger partial charge in [-0.3, -0.25) is 4.57 Å². The number of rotatable bonds is 9. The Balaban J connectivity index is 1.58. The summed E-state index contributed by atoms with van der Waals surface area (Å²) >= 11 is 0. The van der Waals surface area contributed by atoms with Crippen LogP contribution in [0.5, 0.6) is 0 Å². The maximum Gasteiger partial charge on any atom is 0.359 e. The standard InChI is InChI=1S/C19H30N5O9P/c1-19(9-26,34(29,30)31)32-8-12-14(27)15(28)18(33-12)24-17-11(6-20-24)16(22-13(7-25)23-17)21-10-4-2-3-5-10/h6,10,12,14-15,18,25-28H,2-5,7-9H2,1H3,(H,21,22,23)(H2,29,30,31)/t12-,14-,15-,18-,19?/m1/s1. The third-order valence-electron chi connectivity index (χ3n) is 6.38. The van der Waals surface area contributed by atoms with Crippen LogP contribution in [0.3, 0.4) is 0 Å². The second-order valence-corrected chi connectivity index (χ2v) is 10.9. The Labute approximate surface area is 194 Å². The highest BCUT2D eigenvalue weighted by Gasteiger charge is 2.48. The summed E-state index contributed by atoms with van der Waals surface area (Å²) in [6.45, 7) is -0.860. The molecule has 0 spiro atoms. The Hall–Kier alpha value is -1.74. The Morgan fingerprint density at radius 2 is 1.94 bits per heavy atom. The number of aliphatic hydroxyl groups excluding tert-OH is 4. The number of nitrogens with one attached hydrogen (secondary N) is 1. The minimum absolute atomic E-state index is 0.142. The topological polar surface area (TPSA) is 213 Å². The van der Waals surface area contributed by atoms with Crippen molar-refractivity contribution in [3.8, 4) is 0 Å². The summed E-state index contributed by atoms with van der Waals surface area (Å²) in [7, 11) is -4.84. The number of ether oxygens (including phenoxy) is 2. The van der Waals surface area contributed by atoms with Crippen LogP contribution >= 0.6 is 7.60 Å². The molecule has 34 heavy (non-hydrogen) atoms. The normalized spacial score (nSPS) is 28.0. The van der Waals surface area contributed by atoms with Gasteiger partial charge in [-0.05, 0) is 19.8 Å². The van der Waals surface area contributed by atoms with Crippen LogP contribution < -0.4 is 5.32 Å². The van der Waals surface area contributed by atoms with Gasteiger partial charge in [-0.15, -0.1) is 0 Å². The van der Waals surface area contributed by atoms with E-state index in [2.05, 4.69) is 20.4 Å². The molecule has 1 saturated heterocycles. The van der Waals surface area contributed by atoms with Crippen molar-refractivity contribution in [2.75, 3.05) is 18.5 Å². The lowest BCUT2D eigenvalue weighted by molar-refractivity contribution is -0.104. The van der Waals surface area contributed by atoms with Crippen molar-refractivity contribution in [1.82, 2.24) is 19.7 Å². The molecule has 1 unspecified atom stereocenters. The smallest absolute Gasteiger partial charge is 0.359 e. The lowest BCUT2D eigenvalue weighted by Gasteiger charge is -2.29. The highest BCUT2D eigenvalue weighted by molar-refractivity contribution is 7.53. The van der Waals surface area contributed by atoms with Crippen LogP contribution in [0.2, 0.25) is 0 Å². The van der Waals surface area contributed by atoms with Gasteiger partial charge in [-0.2, -0.15) is 5.10 Å². The molecule has 7 N–H and O–H groups in total. The van der Waals surface area contributed by atoms with Crippen LogP contribution in [0, 0.1) is 0 Å². The molecule has 3 heterocycles. The Morgan fingerprint density at radius 1 is 1.24 bits per heavy atom. The maximum atomic E-state index is 11.7. The van der Waals surface area contributed by atoms with Crippen LogP contribution in [-0.2, 0) is 20.6 Å². The van der Waals surface area contributed by atoms with Crippen molar-refractivity contribution in [2.45, 2.75) is 75.1 Å². The van der Waals surface area contributed by atoms with Crippen molar-refractivity contribution in [3.63, 3.8) is 0 Å². The number of fused-ring (bicyclic) bond motifs is 1. The quantitative estimate of drug-likeness (QED) is 0.209. The fraction of sp³-hybridized carbons (Fsp3) is 0.737. The molecule has 5 atom stereocenters. The number of nitrogens with zero attached hydrogens (tertiary/aromatic N) is 4. The van der Waals surface area contributed by atoms with Gasteiger partial charge < -0.3 is 45.0 Å². The number of aromatic nitrogens is 4. The maximum absolute atomic E-state index is 11.7. The van der Waals surface area contributed by atoms with Gasteiger partial charge in [0.1, 0.15) is 30.7 Å². The van der Waals surface area contributed by atoms with E-state index in [0.29, 0.717) is 11.2 Å². The van der Waals surface area contributed by atoms with Crippen molar-refractivity contribution in [1.29, 1.82) is 0 Å². The SMILES string of the molecule is CC(CO)(OC[C@H]1O[C@@H](n2ncc3c(NC4CCCC4)nc(CO)nc32)[C@H](O)[C@@H]1O)P(=O)(O)O. The van der Waals surface area contributed by atoms with E-state index in [9.17, 15) is 34.8 Å². The van der Waals surface area contributed by atoms with E-state index in [4.69, 9.17) is 9.47 Å². The van der Waals surface area contributed by atoms with E-state index in [-0.39, 0.29) is 17.5 Å². The van der Waals surface area contributed by atoms with E-state index in [1.54, 1.807) is 0 Å². The minimum atomic E-state index is -4.84. The average molecular weight is 503 g/mol. The summed E-state index contributed by atoms with van der Waals surface area (Å²) in [5.74, 6) is 0.642. The largest absolute Gasteiger partial charge is 0.393 e. The fourth-order valence-electron chi connectivity index (χ4n) is 4.15. The molecule has 1 aliphatic carbocycles. The molecule has 2 aliphatic rings. The summed E-state index contributed by atoms with van der Waals surface area (Å²) in [4.78, 5) is 27.6. The zero-order valence-corrected chi connectivity index (χ0v) is 19.5. The van der Waals surface area contributed by atoms with E-state index >= 15 is 0 Å². The van der Waals surface area contributed by atoms with E-state index in [1.165, 1.54) is 10.9 Å². The molecule has 14 nitrogen and oxygen atoms in total. The first kappa shape index (κ1) is 25.4. The third kappa shape index (κ3) is 4.70. The van der Waals surface area contributed by atoms with Gasteiger partial charge in [0.15, 0.2) is 23.0 Å². The summed E-state index contributed by atoms with van der Waals surface area (Å²) in [6.07, 6.45) is 0.393. The average Bonchev–Trinajstić information content (AvgIpc) is 3.52. The van der Waals surface area contributed by atoms with E-state index in [1.807, 2.05) is 0 Å². The monoisotopic (exact) mass is 503 g/mol. The predicted molar refractivity (Wildman–Crippen MR) is 117 cm³/mol. The first-order valence-electron chi connectivity index (χ1n) is 11.0. The minimum Gasteiger partial charge on any atom is -0.393 e. The number of hydrogen-bond donors (Lipinski definition) is 7. The molecule has 2 fully saturated rings. The highest BCUT2D eigenvalue weighted by Crippen LogP contribution is 2.51. The molecule has 1 aliphatic heterocycles. The Bertz CT molecular complexity index is 1060. The molecular weight excluding hydrogens is 473 g/mol. The van der Waals surface area contributed by atoms with Crippen molar-refractivity contribution < 1.29 is 44.3 Å². The van der Waals surface area contributed by atoms with Gasteiger partial charge in [-0.25, -0.2) is 14.6 Å². The molecule has 0 radical (unpaired) electrons. The second kappa shape index (κ2) is 9.72. The highest BCUT2D eigenvalue weighted by atomic mass is 31.2. The molecule has 0 aromatic carbocycles. The molecule has 0 amide bonds. The summed E-state index contributed by atoms with van der Waals surface area (Å²) < 4.78 is 23.9. The van der Waals surface area contributed by atoms with Crippen LogP contribution in [0.25, 0.3) is 11.0 Å².